The molecule has 1 atom stereocenters. The van der Waals surface area contributed by atoms with Crippen LogP contribution in [0.5, 0.6) is 0 Å². The summed E-state index contributed by atoms with van der Waals surface area (Å²) in [7, 11) is -3.92. The maximum Gasteiger partial charge on any atom is 0.228 e. The first-order valence-electron chi connectivity index (χ1n) is 11.7. The van der Waals surface area contributed by atoms with Gasteiger partial charge >= 0.3 is 0 Å². The van der Waals surface area contributed by atoms with Crippen molar-refractivity contribution in [2.24, 2.45) is 11.8 Å². The molecule has 2 aliphatic rings. The van der Waals surface area contributed by atoms with Crippen molar-refractivity contribution in [3.05, 3.63) is 47.5 Å². The molecule has 1 saturated heterocycles. The van der Waals surface area contributed by atoms with Crippen molar-refractivity contribution in [1.82, 2.24) is 14.5 Å². The summed E-state index contributed by atoms with van der Waals surface area (Å²) in [6, 6.07) is 5.87. The number of imidazole rings is 1. The van der Waals surface area contributed by atoms with Crippen LogP contribution in [-0.4, -0.2) is 48.0 Å². The molecule has 1 unspecified atom stereocenters. The molecule has 180 valence electrons. The van der Waals surface area contributed by atoms with Gasteiger partial charge < -0.3 is 14.2 Å². The first-order chi connectivity index (χ1) is 15.7. The molecule has 4 rings (SSSR count). The van der Waals surface area contributed by atoms with Crippen LogP contribution in [0.3, 0.4) is 0 Å². The number of benzene rings is 1. The number of nitrogens with zero attached hydrogens (tertiary/aromatic N) is 3. The van der Waals surface area contributed by atoms with Gasteiger partial charge in [0.1, 0.15) is 5.82 Å². The Bertz CT molecular complexity index is 1090. The lowest BCUT2D eigenvalue weighted by Gasteiger charge is -2.26. The Morgan fingerprint density at radius 3 is 2.67 bits per heavy atom. The Hall–Kier alpha value is -2.26. The van der Waals surface area contributed by atoms with E-state index >= 15 is 0 Å². The maximum atomic E-state index is 14.2. The van der Waals surface area contributed by atoms with E-state index in [2.05, 4.69) is 18.8 Å². The second-order valence-electron chi connectivity index (χ2n) is 9.52. The summed E-state index contributed by atoms with van der Waals surface area (Å²) in [6.45, 7) is 5.99. The summed E-state index contributed by atoms with van der Waals surface area (Å²) in [4.78, 5) is 19.0. The summed E-state index contributed by atoms with van der Waals surface area (Å²) in [5, 5.41) is -0.0976. The zero-order chi connectivity index (χ0) is 23.6. The highest BCUT2D eigenvalue weighted by atomic mass is 32.2. The van der Waals surface area contributed by atoms with Crippen LogP contribution in [0.25, 0.3) is 0 Å². The molecule has 7 nitrogen and oxygen atoms in total. The van der Waals surface area contributed by atoms with Crippen molar-refractivity contribution in [2.45, 2.75) is 69.6 Å². The predicted octanol–water partition coefficient (Wildman–Crippen LogP) is 3.57. The van der Waals surface area contributed by atoms with E-state index in [1.165, 1.54) is 24.4 Å². The van der Waals surface area contributed by atoms with E-state index in [1.807, 2.05) is 4.90 Å². The van der Waals surface area contributed by atoms with Gasteiger partial charge in [-0.2, -0.15) is 0 Å². The number of amides is 1. The fourth-order valence-corrected chi connectivity index (χ4v) is 5.81. The number of halogens is 1. The number of sulfone groups is 1. The molecule has 0 bridgehead atoms. The third kappa shape index (κ3) is 5.81. The van der Waals surface area contributed by atoms with Gasteiger partial charge in [-0.15, -0.1) is 0 Å². The fraction of sp³-hybridized carbons (Fsp3) is 0.583. The standard InChI is InChI=1S/C24H32FN3O4S/c1-17(2)13-27(23(29)18-9-10-18)14-20-12-26-24(28(20)15-21-7-5-11-32-21)33(30,31)16-19-6-3-4-8-22(19)25/h3-4,6,8,12,17-18,21H,5,7,9-11,13-16H2,1-2H3. The van der Waals surface area contributed by atoms with E-state index in [0.29, 0.717) is 31.9 Å². The van der Waals surface area contributed by atoms with Crippen LogP contribution in [0.4, 0.5) is 4.39 Å². The van der Waals surface area contributed by atoms with Gasteiger partial charge in [0.25, 0.3) is 0 Å². The van der Waals surface area contributed by atoms with Crippen LogP contribution >= 0.6 is 0 Å². The lowest BCUT2D eigenvalue weighted by molar-refractivity contribution is -0.133. The number of ether oxygens (including phenoxy) is 1. The van der Waals surface area contributed by atoms with Crippen molar-refractivity contribution >= 4 is 15.7 Å². The van der Waals surface area contributed by atoms with Gasteiger partial charge in [-0.3, -0.25) is 4.79 Å². The average Bonchev–Trinajstić information content (AvgIpc) is 3.34. The third-order valence-electron chi connectivity index (χ3n) is 6.07. The van der Waals surface area contributed by atoms with Crippen LogP contribution in [0, 0.1) is 17.7 Å². The van der Waals surface area contributed by atoms with Crippen molar-refractivity contribution in [1.29, 1.82) is 0 Å². The summed E-state index contributed by atoms with van der Waals surface area (Å²) < 4.78 is 48.2. The monoisotopic (exact) mass is 477 g/mol. The lowest BCUT2D eigenvalue weighted by atomic mass is 10.2. The molecule has 1 aliphatic heterocycles. The average molecular weight is 478 g/mol. The SMILES string of the molecule is CC(C)CN(Cc1cnc(S(=O)(=O)Cc2ccccc2F)n1CC1CCCO1)C(=O)C1CC1. The second-order valence-corrected chi connectivity index (χ2v) is 11.4. The minimum Gasteiger partial charge on any atom is -0.376 e. The van der Waals surface area contributed by atoms with Crippen LogP contribution < -0.4 is 0 Å². The summed E-state index contributed by atoms with van der Waals surface area (Å²) in [5.74, 6) is -0.562. The molecule has 1 aliphatic carbocycles. The zero-order valence-electron chi connectivity index (χ0n) is 19.2. The fourth-order valence-electron chi connectivity index (χ4n) is 4.30. The molecule has 0 radical (unpaired) electrons. The first kappa shape index (κ1) is 23.9. The summed E-state index contributed by atoms with van der Waals surface area (Å²) in [6.07, 6.45) is 5.00. The number of rotatable bonds is 10. The first-order valence-corrected chi connectivity index (χ1v) is 13.3. The van der Waals surface area contributed by atoms with E-state index in [1.54, 1.807) is 10.6 Å². The molecule has 0 spiro atoms. The van der Waals surface area contributed by atoms with E-state index in [0.717, 1.165) is 25.7 Å². The smallest absolute Gasteiger partial charge is 0.228 e. The van der Waals surface area contributed by atoms with Crippen LogP contribution in [-0.2, 0) is 38.2 Å². The second kappa shape index (κ2) is 9.93. The molecule has 1 saturated carbocycles. The quantitative estimate of drug-likeness (QED) is 0.523. The molecule has 0 N–H and O–H groups in total. The van der Waals surface area contributed by atoms with Gasteiger partial charge in [0.05, 0.1) is 36.8 Å². The number of carbonyl (C=O) groups excluding carboxylic acids is 1. The predicted molar refractivity (Wildman–Crippen MR) is 121 cm³/mol. The molecule has 33 heavy (non-hydrogen) atoms. The van der Waals surface area contributed by atoms with Crippen molar-refractivity contribution in [3.63, 3.8) is 0 Å². The largest absolute Gasteiger partial charge is 0.376 e. The van der Waals surface area contributed by atoms with E-state index in [9.17, 15) is 17.6 Å². The topological polar surface area (TPSA) is 81.5 Å². The van der Waals surface area contributed by atoms with Gasteiger partial charge in [0.2, 0.25) is 20.9 Å². The molecule has 9 heteroatoms. The number of aromatic nitrogens is 2. The van der Waals surface area contributed by atoms with E-state index < -0.39 is 21.4 Å². The summed E-state index contributed by atoms with van der Waals surface area (Å²) in [5.41, 5.74) is 0.767. The van der Waals surface area contributed by atoms with Crippen molar-refractivity contribution in [2.75, 3.05) is 13.2 Å². The van der Waals surface area contributed by atoms with Crippen molar-refractivity contribution in [3.8, 4) is 0 Å². The normalized spacial score (nSPS) is 18.7. The van der Waals surface area contributed by atoms with Crippen LogP contribution in [0.1, 0.15) is 50.8 Å². The van der Waals surface area contributed by atoms with Crippen LogP contribution in [0.15, 0.2) is 35.6 Å². The molecule has 1 amide bonds. The highest BCUT2D eigenvalue weighted by Crippen LogP contribution is 2.32. The van der Waals surface area contributed by atoms with Gasteiger partial charge in [0.15, 0.2) is 0 Å². The Labute approximate surface area is 194 Å². The Morgan fingerprint density at radius 2 is 2.03 bits per heavy atom. The van der Waals surface area contributed by atoms with Gasteiger partial charge in [-0.25, -0.2) is 17.8 Å². The van der Waals surface area contributed by atoms with Gasteiger partial charge in [0, 0.05) is 24.6 Å². The lowest BCUT2D eigenvalue weighted by Crippen LogP contribution is -2.36. The van der Waals surface area contributed by atoms with E-state index in [4.69, 9.17) is 4.74 Å². The minimum absolute atomic E-state index is 0.0718. The number of hydrogen-bond acceptors (Lipinski definition) is 5. The van der Waals surface area contributed by atoms with Crippen LogP contribution in [0.2, 0.25) is 0 Å². The molecule has 2 aromatic rings. The maximum absolute atomic E-state index is 14.2. The minimum atomic E-state index is -3.92. The van der Waals surface area contributed by atoms with E-state index in [-0.39, 0.29) is 34.6 Å². The zero-order valence-corrected chi connectivity index (χ0v) is 20.1. The molecule has 2 heterocycles. The highest BCUT2D eigenvalue weighted by Gasteiger charge is 2.35. The Morgan fingerprint density at radius 1 is 1.27 bits per heavy atom. The molecule has 2 fully saturated rings. The Balaban J connectivity index is 1.65. The molecule has 1 aromatic carbocycles. The third-order valence-corrected chi connectivity index (χ3v) is 7.64. The van der Waals surface area contributed by atoms with Gasteiger partial charge in [-0.05, 0) is 37.7 Å². The molecular weight excluding hydrogens is 445 g/mol. The highest BCUT2D eigenvalue weighted by molar-refractivity contribution is 7.90. The van der Waals surface area contributed by atoms with Crippen molar-refractivity contribution < 1.29 is 22.3 Å². The molecule has 1 aromatic heterocycles. The number of hydrogen-bond donors (Lipinski definition) is 0. The number of carbonyl (C=O) groups is 1. The Kier molecular flexibility index (Phi) is 7.19. The summed E-state index contributed by atoms with van der Waals surface area (Å²) >= 11 is 0. The van der Waals surface area contributed by atoms with Gasteiger partial charge in [-0.1, -0.05) is 32.0 Å². The molecular formula is C24H32FN3O4S.